The van der Waals surface area contributed by atoms with Crippen LogP contribution in [0.5, 0.6) is 0 Å². The average molecular weight is 538 g/mol. The molecule has 0 bridgehead atoms. The molecule has 0 saturated carbocycles. The van der Waals surface area contributed by atoms with Crippen LogP contribution in [0.4, 0.5) is 20.4 Å². The molecule has 0 aliphatic carbocycles. The second-order valence-electron chi connectivity index (χ2n) is 7.86. The molecule has 2 aliphatic rings. The van der Waals surface area contributed by atoms with Crippen LogP contribution >= 0.6 is 0 Å². The van der Waals surface area contributed by atoms with Crippen LogP contribution in [0, 0.1) is 11.6 Å². The van der Waals surface area contributed by atoms with Gasteiger partial charge in [-0.15, -0.1) is 0 Å². The number of nitrogens with zero attached hydrogens (tertiary/aromatic N) is 4. The zero-order valence-corrected chi connectivity index (χ0v) is 18.6. The number of nitrogens with one attached hydrogen (secondary N) is 1. The molecule has 2 fully saturated rings. The third-order valence-corrected chi connectivity index (χ3v) is 5.53. The van der Waals surface area contributed by atoms with Crippen LogP contribution in [0.25, 0.3) is 0 Å². The standard InChI is InChI=1S/C9H12FN3O6.C9H12FN3O5/c10-3-1-13(9(17)11-7(3)12-18)8-6(16)5(15)4(2-14)19-8;10-3-1-13(9(17)12-7(3)11)8-6(16)5(15)4(2-14)18-8/h1,4-6,8,14-16,18H,2H2,(H,11,12,17);1,4-6,8,14-16H,2H2,(H2,11,12,17)/t2*4-,5+,6?,8-/m11/s1. The van der Waals surface area contributed by atoms with Crippen LogP contribution in [0.2, 0.25) is 0 Å². The Morgan fingerprint density at radius 2 is 1.27 bits per heavy atom. The number of anilines is 2. The number of nitrogen functional groups attached to an aromatic ring is 1. The Bertz CT molecular complexity index is 1220. The van der Waals surface area contributed by atoms with Crippen molar-refractivity contribution < 1.29 is 54.1 Å². The number of aliphatic hydroxyl groups is 6. The number of hydrogen-bond donors (Lipinski definition) is 9. The first kappa shape index (κ1) is 28.4. The van der Waals surface area contributed by atoms with Gasteiger partial charge in [0.2, 0.25) is 0 Å². The molecule has 206 valence electrons. The van der Waals surface area contributed by atoms with E-state index in [9.17, 15) is 38.8 Å². The predicted molar refractivity (Wildman–Crippen MR) is 113 cm³/mol. The van der Waals surface area contributed by atoms with Gasteiger partial charge in [0.25, 0.3) is 0 Å². The zero-order valence-electron chi connectivity index (χ0n) is 18.6. The smallest absolute Gasteiger partial charge is 0.351 e. The summed E-state index contributed by atoms with van der Waals surface area (Å²) in [4.78, 5) is 29.5. The summed E-state index contributed by atoms with van der Waals surface area (Å²) < 4.78 is 38.0. The SMILES string of the molecule is Nc1nc(=O)n([C@@H]2O[C@H](CO)[C@H](O)C2O)cc1F.O=c1nc(NO)c(F)cn1[C@@H]1O[C@H](CO)[C@H](O)C1O. The van der Waals surface area contributed by atoms with Gasteiger partial charge >= 0.3 is 11.4 Å². The fourth-order valence-corrected chi connectivity index (χ4v) is 3.57. The lowest BCUT2D eigenvalue weighted by Gasteiger charge is -2.17. The van der Waals surface area contributed by atoms with Crippen LogP contribution in [0.15, 0.2) is 22.0 Å². The fraction of sp³-hybridized carbons (Fsp3) is 0.556. The van der Waals surface area contributed by atoms with E-state index in [1.165, 1.54) is 5.48 Å². The molecular weight excluding hydrogens is 514 g/mol. The number of aromatic nitrogens is 4. The van der Waals surface area contributed by atoms with E-state index < -0.39 is 96.9 Å². The first-order valence-electron chi connectivity index (χ1n) is 10.4. The van der Waals surface area contributed by atoms with E-state index in [0.717, 1.165) is 6.20 Å². The first-order chi connectivity index (χ1) is 17.4. The van der Waals surface area contributed by atoms with Crippen LogP contribution < -0.4 is 22.6 Å². The zero-order chi connectivity index (χ0) is 27.6. The van der Waals surface area contributed by atoms with E-state index in [-0.39, 0.29) is 0 Å². The van der Waals surface area contributed by atoms with Crippen molar-refractivity contribution in [3.63, 3.8) is 0 Å². The van der Waals surface area contributed by atoms with Crippen molar-refractivity contribution in [2.45, 2.75) is 49.1 Å². The molecule has 37 heavy (non-hydrogen) atoms. The highest BCUT2D eigenvalue weighted by atomic mass is 19.1. The highest BCUT2D eigenvalue weighted by molar-refractivity contribution is 5.30. The van der Waals surface area contributed by atoms with Crippen molar-refractivity contribution >= 4 is 11.6 Å². The van der Waals surface area contributed by atoms with E-state index in [0.29, 0.717) is 15.3 Å². The summed E-state index contributed by atoms with van der Waals surface area (Å²) in [6.45, 7) is -1.12. The highest BCUT2D eigenvalue weighted by Gasteiger charge is 2.45. The van der Waals surface area contributed by atoms with Gasteiger partial charge in [-0.25, -0.2) is 23.9 Å². The first-order valence-corrected chi connectivity index (χ1v) is 10.4. The van der Waals surface area contributed by atoms with E-state index in [1.807, 2.05) is 0 Å². The van der Waals surface area contributed by atoms with Gasteiger partial charge in [0.15, 0.2) is 35.7 Å². The summed E-state index contributed by atoms with van der Waals surface area (Å²) in [6, 6.07) is 0. The quantitative estimate of drug-likeness (QED) is 0.162. The van der Waals surface area contributed by atoms with E-state index in [2.05, 4.69) is 9.97 Å². The number of nitrogens with two attached hydrogens (primary N) is 1. The molecular formula is C18H24F2N6O11. The molecule has 2 unspecified atom stereocenters. The van der Waals surface area contributed by atoms with E-state index >= 15 is 0 Å². The molecule has 0 radical (unpaired) electrons. The van der Waals surface area contributed by atoms with Crippen molar-refractivity contribution in [3.05, 3.63) is 45.0 Å². The highest BCUT2D eigenvalue weighted by Crippen LogP contribution is 2.29. The molecule has 2 saturated heterocycles. The Morgan fingerprint density at radius 1 is 0.838 bits per heavy atom. The Hall–Kier alpha value is -3.14. The average Bonchev–Trinajstić information content (AvgIpc) is 3.32. The number of hydrogen-bond acceptors (Lipinski definition) is 15. The Morgan fingerprint density at radius 3 is 1.68 bits per heavy atom. The fourth-order valence-electron chi connectivity index (χ4n) is 3.57. The van der Waals surface area contributed by atoms with Gasteiger partial charge in [0, 0.05) is 0 Å². The molecule has 0 aromatic carbocycles. The number of ether oxygens (including phenoxy) is 2. The molecule has 2 aromatic heterocycles. The molecule has 2 aliphatic heterocycles. The Balaban J connectivity index is 0.000000206. The van der Waals surface area contributed by atoms with Gasteiger partial charge < -0.3 is 45.8 Å². The molecule has 4 rings (SSSR count). The van der Waals surface area contributed by atoms with Crippen LogP contribution in [-0.2, 0) is 9.47 Å². The van der Waals surface area contributed by atoms with Gasteiger partial charge in [-0.05, 0) is 0 Å². The van der Waals surface area contributed by atoms with Crippen LogP contribution in [0.3, 0.4) is 0 Å². The minimum atomic E-state index is -1.52. The largest absolute Gasteiger partial charge is 0.394 e. The normalized spacial score (nSPS) is 31.2. The van der Waals surface area contributed by atoms with Gasteiger partial charge in [0.1, 0.15) is 36.6 Å². The topological polar surface area (TPSA) is 268 Å². The lowest BCUT2D eigenvalue weighted by molar-refractivity contribution is -0.0553. The van der Waals surface area contributed by atoms with Gasteiger partial charge in [-0.1, -0.05) is 0 Å². The minimum absolute atomic E-state index is 0.547. The summed E-state index contributed by atoms with van der Waals surface area (Å²) in [5.41, 5.74) is 4.58. The summed E-state index contributed by atoms with van der Waals surface area (Å²) in [5, 5.41) is 64.7. The van der Waals surface area contributed by atoms with Gasteiger partial charge in [-0.2, -0.15) is 9.97 Å². The number of rotatable bonds is 5. The summed E-state index contributed by atoms with van der Waals surface area (Å²) in [5.74, 6) is -3.25. The van der Waals surface area contributed by atoms with Crippen molar-refractivity contribution in [2.75, 3.05) is 24.4 Å². The second-order valence-corrected chi connectivity index (χ2v) is 7.86. The van der Waals surface area contributed by atoms with Crippen molar-refractivity contribution in [1.82, 2.24) is 19.1 Å². The van der Waals surface area contributed by atoms with Gasteiger partial charge in [-0.3, -0.25) is 14.3 Å². The molecule has 17 nitrogen and oxygen atoms in total. The van der Waals surface area contributed by atoms with Crippen molar-refractivity contribution in [2.24, 2.45) is 0 Å². The Labute approximate surface area is 204 Å². The van der Waals surface area contributed by atoms with Crippen LogP contribution in [-0.4, -0.2) is 105 Å². The van der Waals surface area contributed by atoms with E-state index in [4.69, 9.17) is 30.6 Å². The second kappa shape index (κ2) is 11.5. The minimum Gasteiger partial charge on any atom is -0.394 e. The number of aliphatic hydroxyl groups excluding tert-OH is 6. The maximum absolute atomic E-state index is 13.4. The molecule has 4 heterocycles. The summed E-state index contributed by atoms with van der Waals surface area (Å²) in [7, 11) is 0. The summed E-state index contributed by atoms with van der Waals surface area (Å²) in [6.07, 6.45) is -9.27. The van der Waals surface area contributed by atoms with Crippen molar-refractivity contribution in [3.8, 4) is 0 Å². The monoisotopic (exact) mass is 538 g/mol. The predicted octanol–water partition coefficient (Wildman–Crippen LogP) is -4.63. The number of halogens is 2. The molecule has 19 heteroatoms. The molecule has 0 amide bonds. The maximum atomic E-state index is 13.4. The van der Waals surface area contributed by atoms with Crippen LogP contribution in [0.1, 0.15) is 12.5 Å². The van der Waals surface area contributed by atoms with E-state index in [1.54, 1.807) is 0 Å². The lowest BCUT2D eigenvalue weighted by Crippen LogP contribution is -2.36. The molecule has 0 spiro atoms. The molecule has 8 atom stereocenters. The maximum Gasteiger partial charge on any atom is 0.351 e. The third-order valence-electron chi connectivity index (χ3n) is 5.53. The summed E-state index contributed by atoms with van der Waals surface area (Å²) >= 11 is 0. The molecule has 10 N–H and O–H groups in total. The Kier molecular flexibility index (Phi) is 8.84. The van der Waals surface area contributed by atoms with Gasteiger partial charge in [0.05, 0.1) is 25.6 Å². The van der Waals surface area contributed by atoms with Crippen molar-refractivity contribution in [1.29, 1.82) is 0 Å². The third kappa shape index (κ3) is 5.58. The lowest BCUT2D eigenvalue weighted by atomic mass is 10.1. The molecule has 2 aromatic rings.